The molecule has 0 bridgehead atoms. The summed E-state index contributed by atoms with van der Waals surface area (Å²) in [5, 5.41) is 7.56. The number of anilines is 1. The monoisotopic (exact) mass is 384 g/mol. The highest BCUT2D eigenvalue weighted by Crippen LogP contribution is 2.20. The van der Waals surface area contributed by atoms with Gasteiger partial charge in [-0.25, -0.2) is 4.79 Å². The van der Waals surface area contributed by atoms with Crippen molar-refractivity contribution in [2.45, 2.75) is 20.3 Å². The van der Waals surface area contributed by atoms with Crippen LogP contribution in [0.1, 0.15) is 17.0 Å². The van der Waals surface area contributed by atoms with Crippen molar-refractivity contribution in [3.8, 4) is 11.5 Å². The summed E-state index contributed by atoms with van der Waals surface area (Å²) in [5.41, 5.74) is 3.82. The van der Waals surface area contributed by atoms with E-state index in [2.05, 4.69) is 15.5 Å². The number of urea groups is 1. The average molecular weight is 385 g/mol. The van der Waals surface area contributed by atoms with E-state index in [1.807, 2.05) is 44.2 Å². The smallest absolute Gasteiger partial charge is 0.321 e. The zero-order valence-electron chi connectivity index (χ0n) is 15.5. The molecule has 0 aliphatic carbocycles. The van der Waals surface area contributed by atoms with Crippen molar-refractivity contribution in [2.75, 3.05) is 18.9 Å². The Morgan fingerprint density at radius 2 is 1.93 bits per heavy atom. The van der Waals surface area contributed by atoms with Gasteiger partial charge in [0.15, 0.2) is 5.82 Å². The van der Waals surface area contributed by atoms with Crippen molar-refractivity contribution >= 4 is 23.3 Å². The molecule has 6 nitrogen and oxygen atoms in total. The molecule has 0 fully saturated rings. The summed E-state index contributed by atoms with van der Waals surface area (Å²) in [6.45, 7) is 4.47. The van der Waals surface area contributed by atoms with Crippen LogP contribution >= 0.6 is 11.6 Å². The van der Waals surface area contributed by atoms with Crippen molar-refractivity contribution in [1.82, 2.24) is 15.0 Å². The second-order valence-electron chi connectivity index (χ2n) is 6.37. The minimum absolute atomic E-state index is 0.176. The molecule has 1 aromatic heterocycles. The summed E-state index contributed by atoms with van der Waals surface area (Å²) in [6.07, 6.45) is 0.494. The SMILES string of the molecule is Cc1cccc(NC(=O)N(C)CCc2noc(-c3ccc(Cl)cc3)n2)c1C. The van der Waals surface area contributed by atoms with Crippen molar-refractivity contribution in [2.24, 2.45) is 0 Å². The number of amides is 2. The van der Waals surface area contributed by atoms with Crippen molar-refractivity contribution in [1.29, 1.82) is 0 Å². The quantitative estimate of drug-likeness (QED) is 0.691. The molecule has 0 saturated carbocycles. The summed E-state index contributed by atoms with van der Waals surface area (Å²) >= 11 is 5.88. The molecule has 27 heavy (non-hydrogen) atoms. The lowest BCUT2D eigenvalue weighted by Crippen LogP contribution is -2.33. The number of nitrogens with zero attached hydrogens (tertiary/aromatic N) is 3. The van der Waals surface area contributed by atoms with Crippen LogP contribution in [0.3, 0.4) is 0 Å². The van der Waals surface area contributed by atoms with Crippen LogP contribution < -0.4 is 5.32 Å². The first kappa shape index (κ1) is 18.9. The number of likely N-dealkylation sites (N-methyl/N-ethyl adjacent to an activating group) is 1. The van der Waals surface area contributed by atoms with Crippen LogP contribution in [-0.4, -0.2) is 34.7 Å². The predicted molar refractivity (Wildman–Crippen MR) is 106 cm³/mol. The number of carbonyl (C=O) groups excluding carboxylic acids is 1. The van der Waals surface area contributed by atoms with Crippen molar-refractivity contribution in [3.05, 3.63) is 64.4 Å². The Bertz CT molecular complexity index is 937. The van der Waals surface area contributed by atoms with Gasteiger partial charge < -0.3 is 14.7 Å². The number of aromatic nitrogens is 2. The van der Waals surface area contributed by atoms with Gasteiger partial charge in [0.2, 0.25) is 0 Å². The van der Waals surface area contributed by atoms with Crippen molar-refractivity contribution < 1.29 is 9.32 Å². The maximum atomic E-state index is 12.4. The lowest BCUT2D eigenvalue weighted by atomic mass is 10.1. The van der Waals surface area contributed by atoms with Crippen molar-refractivity contribution in [3.63, 3.8) is 0 Å². The van der Waals surface area contributed by atoms with Crippen LogP contribution in [0.2, 0.25) is 5.02 Å². The molecule has 0 aliphatic rings. The highest BCUT2D eigenvalue weighted by atomic mass is 35.5. The number of hydrogen-bond acceptors (Lipinski definition) is 4. The average Bonchev–Trinajstić information content (AvgIpc) is 3.13. The maximum Gasteiger partial charge on any atom is 0.321 e. The summed E-state index contributed by atoms with van der Waals surface area (Å²) in [4.78, 5) is 18.4. The molecule has 2 aromatic carbocycles. The Kier molecular flexibility index (Phi) is 5.76. The fourth-order valence-electron chi connectivity index (χ4n) is 2.53. The fourth-order valence-corrected chi connectivity index (χ4v) is 2.66. The van der Waals surface area contributed by atoms with E-state index in [1.54, 1.807) is 24.1 Å². The molecule has 1 heterocycles. The van der Waals surface area contributed by atoms with Gasteiger partial charge in [0.05, 0.1) is 0 Å². The molecule has 2 amide bonds. The highest BCUT2D eigenvalue weighted by Gasteiger charge is 2.13. The van der Waals surface area contributed by atoms with E-state index < -0.39 is 0 Å². The maximum absolute atomic E-state index is 12.4. The van der Waals surface area contributed by atoms with E-state index in [4.69, 9.17) is 16.1 Å². The molecule has 0 saturated heterocycles. The summed E-state index contributed by atoms with van der Waals surface area (Å²) in [7, 11) is 1.74. The molecular formula is C20H21ClN4O2. The summed E-state index contributed by atoms with van der Waals surface area (Å²) in [6, 6.07) is 12.8. The molecular weight excluding hydrogens is 364 g/mol. The molecule has 0 atom stereocenters. The second-order valence-corrected chi connectivity index (χ2v) is 6.81. The van der Waals surface area contributed by atoms with Gasteiger partial charge in [-0.15, -0.1) is 0 Å². The zero-order chi connectivity index (χ0) is 19.4. The Labute approximate surface area is 163 Å². The largest absolute Gasteiger partial charge is 0.334 e. The minimum Gasteiger partial charge on any atom is -0.334 e. The number of nitrogens with one attached hydrogen (secondary N) is 1. The topological polar surface area (TPSA) is 71.3 Å². The Morgan fingerprint density at radius 1 is 1.19 bits per heavy atom. The number of benzene rings is 2. The lowest BCUT2D eigenvalue weighted by Gasteiger charge is -2.18. The van der Waals surface area contributed by atoms with Gasteiger partial charge in [-0.1, -0.05) is 28.9 Å². The zero-order valence-corrected chi connectivity index (χ0v) is 16.2. The number of hydrogen-bond donors (Lipinski definition) is 1. The fraction of sp³-hybridized carbons (Fsp3) is 0.250. The van der Waals surface area contributed by atoms with Gasteiger partial charge in [-0.2, -0.15) is 4.98 Å². The van der Waals surface area contributed by atoms with Gasteiger partial charge in [0.1, 0.15) is 0 Å². The van der Waals surface area contributed by atoms with E-state index in [0.717, 1.165) is 22.4 Å². The second kappa shape index (κ2) is 8.22. The van der Waals surface area contributed by atoms with Crippen LogP contribution in [0.5, 0.6) is 0 Å². The Hall–Kier alpha value is -2.86. The normalized spacial score (nSPS) is 10.7. The molecule has 0 aliphatic heterocycles. The number of halogens is 1. The van der Waals surface area contributed by atoms with Crippen LogP contribution in [0.15, 0.2) is 47.0 Å². The number of aryl methyl sites for hydroxylation is 1. The van der Waals surface area contributed by atoms with Crippen LogP contribution in [0.4, 0.5) is 10.5 Å². The molecule has 0 unspecified atom stereocenters. The first-order chi connectivity index (χ1) is 12.9. The third kappa shape index (κ3) is 4.65. The van der Waals surface area contributed by atoms with Gasteiger partial charge in [0.25, 0.3) is 5.89 Å². The third-order valence-corrected chi connectivity index (χ3v) is 4.67. The van der Waals surface area contributed by atoms with Crippen LogP contribution in [0, 0.1) is 13.8 Å². The van der Waals surface area contributed by atoms with E-state index in [0.29, 0.717) is 29.7 Å². The van der Waals surface area contributed by atoms with E-state index in [-0.39, 0.29) is 6.03 Å². The predicted octanol–water partition coefficient (Wildman–Crippen LogP) is 4.71. The van der Waals surface area contributed by atoms with Crippen LogP contribution in [-0.2, 0) is 6.42 Å². The molecule has 0 radical (unpaired) electrons. The Balaban J connectivity index is 1.57. The van der Waals surface area contributed by atoms with Gasteiger partial charge in [0, 0.05) is 36.3 Å². The first-order valence-corrected chi connectivity index (χ1v) is 8.98. The highest BCUT2D eigenvalue weighted by molar-refractivity contribution is 6.30. The minimum atomic E-state index is -0.176. The first-order valence-electron chi connectivity index (χ1n) is 8.61. The molecule has 1 N–H and O–H groups in total. The van der Waals surface area contributed by atoms with E-state index in [9.17, 15) is 4.79 Å². The van der Waals surface area contributed by atoms with Gasteiger partial charge >= 0.3 is 6.03 Å². The van der Waals surface area contributed by atoms with E-state index >= 15 is 0 Å². The standard InChI is InChI=1S/C20H21ClN4O2/c1-13-5-4-6-17(14(13)2)22-20(26)25(3)12-11-18-23-19(27-24-18)15-7-9-16(21)10-8-15/h4-10H,11-12H2,1-3H3,(H,22,26). The third-order valence-electron chi connectivity index (χ3n) is 4.42. The van der Waals surface area contributed by atoms with E-state index in [1.165, 1.54) is 0 Å². The summed E-state index contributed by atoms with van der Waals surface area (Å²) < 4.78 is 5.28. The lowest BCUT2D eigenvalue weighted by molar-refractivity contribution is 0.222. The summed E-state index contributed by atoms with van der Waals surface area (Å²) in [5.74, 6) is 0.982. The Morgan fingerprint density at radius 3 is 2.67 bits per heavy atom. The van der Waals surface area contributed by atoms with Crippen LogP contribution in [0.25, 0.3) is 11.5 Å². The molecule has 0 spiro atoms. The molecule has 7 heteroatoms. The number of carbonyl (C=O) groups is 1. The number of rotatable bonds is 5. The molecule has 3 rings (SSSR count). The van der Waals surface area contributed by atoms with Gasteiger partial charge in [-0.3, -0.25) is 0 Å². The van der Waals surface area contributed by atoms with Gasteiger partial charge in [-0.05, 0) is 55.3 Å². The molecule has 3 aromatic rings. The molecule has 140 valence electrons.